The highest BCUT2D eigenvalue weighted by molar-refractivity contribution is 5.76. The Morgan fingerprint density at radius 2 is 0.707 bits per heavy atom. The smallest absolute Gasteiger partial charge is 0.220 e. The molecule has 0 radical (unpaired) electrons. The lowest BCUT2D eigenvalue weighted by molar-refractivity contribution is -0.379. The van der Waals surface area contributed by atoms with Crippen LogP contribution in [0.15, 0.2) is 158 Å². The zero-order chi connectivity index (χ0) is 71.8. The van der Waals surface area contributed by atoms with Crippen LogP contribution < -0.4 is 5.32 Å². The molecule has 99 heavy (non-hydrogen) atoms. The minimum absolute atomic E-state index is 0.204. The number of unbranched alkanes of at least 4 members (excludes halogenated alkanes) is 15. The zero-order valence-corrected chi connectivity index (χ0v) is 59.6. The van der Waals surface area contributed by atoms with E-state index in [0.29, 0.717) is 12.8 Å². The molecule has 0 bridgehead atoms. The molecule has 3 saturated heterocycles. The van der Waals surface area contributed by atoms with Gasteiger partial charge in [0.05, 0.1) is 38.6 Å². The molecule has 0 aromatic heterocycles. The van der Waals surface area contributed by atoms with Crippen LogP contribution in [0.5, 0.6) is 0 Å². The Morgan fingerprint density at radius 1 is 0.374 bits per heavy atom. The van der Waals surface area contributed by atoms with Crippen molar-refractivity contribution in [2.75, 3.05) is 26.4 Å². The van der Waals surface area contributed by atoms with Crippen LogP contribution in [0.2, 0.25) is 0 Å². The fourth-order valence-electron chi connectivity index (χ4n) is 11.3. The number of hydrogen-bond donors (Lipinski definition) is 12. The first-order chi connectivity index (χ1) is 48.3. The molecule has 17 unspecified atom stereocenters. The van der Waals surface area contributed by atoms with Crippen molar-refractivity contribution in [3.63, 3.8) is 0 Å². The maximum atomic E-state index is 13.4. The molecule has 3 fully saturated rings. The normalized spacial score (nSPS) is 27.5. The van der Waals surface area contributed by atoms with Crippen molar-refractivity contribution < 1.29 is 89.4 Å². The number of aliphatic hydroxyl groups excluding tert-OH is 11. The Labute approximate surface area is 593 Å². The molecule has 1 amide bonds. The maximum Gasteiger partial charge on any atom is 0.220 e. The number of carbonyl (C=O) groups is 1. The second-order valence-corrected chi connectivity index (χ2v) is 25.6. The first-order valence-corrected chi connectivity index (χ1v) is 37.2. The number of rotatable bonds is 55. The van der Waals surface area contributed by atoms with E-state index in [-0.39, 0.29) is 18.9 Å². The van der Waals surface area contributed by atoms with Crippen LogP contribution >= 0.6 is 0 Å². The van der Waals surface area contributed by atoms with E-state index >= 15 is 0 Å². The number of amides is 1. The highest BCUT2D eigenvalue weighted by atomic mass is 16.8. The van der Waals surface area contributed by atoms with Gasteiger partial charge in [-0.3, -0.25) is 4.79 Å². The minimum atomic E-state index is -1.99. The summed E-state index contributed by atoms with van der Waals surface area (Å²) >= 11 is 0. The molecule has 3 aliphatic heterocycles. The largest absolute Gasteiger partial charge is 0.394 e. The van der Waals surface area contributed by atoms with Crippen LogP contribution in [0.3, 0.4) is 0 Å². The van der Waals surface area contributed by atoms with Gasteiger partial charge < -0.3 is 89.9 Å². The average molecular weight is 1390 g/mol. The number of ether oxygens (including phenoxy) is 6. The molecule has 562 valence electrons. The van der Waals surface area contributed by atoms with Crippen LogP contribution in [-0.4, -0.2) is 193 Å². The van der Waals surface area contributed by atoms with E-state index in [4.69, 9.17) is 28.4 Å². The molecular formula is C80H129NO18. The van der Waals surface area contributed by atoms with E-state index in [1.807, 2.05) is 6.08 Å². The van der Waals surface area contributed by atoms with Gasteiger partial charge in [-0.05, 0) is 122 Å². The molecule has 12 N–H and O–H groups in total. The lowest BCUT2D eigenvalue weighted by Gasteiger charge is -2.48. The fourth-order valence-corrected chi connectivity index (χ4v) is 11.3. The van der Waals surface area contributed by atoms with Gasteiger partial charge in [-0.1, -0.05) is 236 Å². The Hall–Kier alpha value is -4.59. The summed E-state index contributed by atoms with van der Waals surface area (Å²) in [6.07, 6.45) is 59.3. The summed E-state index contributed by atoms with van der Waals surface area (Å²) in [5, 5.41) is 121. The predicted molar refractivity (Wildman–Crippen MR) is 392 cm³/mol. The second-order valence-electron chi connectivity index (χ2n) is 25.6. The fraction of sp³-hybridized carbons (Fsp3) is 0.662. The van der Waals surface area contributed by atoms with Crippen molar-refractivity contribution in [3.05, 3.63) is 158 Å². The Balaban J connectivity index is 1.39. The molecule has 3 heterocycles. The molecule has 0 saturated carbocycles. The van der Waals surface area contributed by atoms with Crippen molar-refractivity contribution in [3.8, 4) is 0 Å². The number of hydrogen-bond acceptors (Lipinski definition) is 18. The van der Waals surface area contributed by atoms with Gasteiger partial charge in [0.1, 0.15) is 73.2 Å². The highest BCUT2D eigenvalue weighted by Gasteiger charge is 2.53. The molecule has 0 aromatic carbocycles. The first-order valence-electron chi connectivity index (χ1n) is 37.2. The van der Waals surface area contributed by atoms with Gasteiger partial charge in [0.2, 0.25) is 5.91 Å². The first kappa shape index (κ1) is 88.6. The maximum absolute atomic E-state index is 13.4. The lowest BCUT2D eigenvalue weighted by Crippen LogP contribution is -2.66. The van der Waals surface area contributed by atoms with Gasteiger partial charge >= 0.3 is 0 Å². The number of aliphatic hydroxyl groups is 11. The van der Waals surface area contributed by atoms with Gasteiger partial charge in [-0.2, -0.15) is 0 Å². The Bertz CT molecular complexity index is 2410. The van der Waals surface area contributed by atoms with Crippen molar-refractivity contribution in [1.82, 2.24) is 5.32 Å². The summed E-state index contributed by atoms with van der Waals surface area (Å²) in [6.45, 7) is 1.55. The van der Waals surface area contributed by atoms with Crippen LogP contribution in [0.4, 0.5) is 0 Å². The van der Waals surface area contributed by atoms with E-state index in [1.54, 1.807) is 6.08 Å². The quantitative estimate of drug-likeness (QED) is 0.0199. The van der Waals surface area contributed by atoms with Gasteiger partial charge in [0, 0.05) is 6.42 Å². The molecule has 0 aromatic rings. The van der Waals surface area contributed by atoms with E-state index in [1.165, 1.54) is 44.9 Å². The summed E-state index contributed by atoms with van der Waals surface area (Å²) in [6, 6.07) is -1.02. The molecule has 3 rings (SSSR count). The number of allylic oxidation sites excluding steroid dienone is 25. The summed E-state index contributed by atoms with van der Waals surface area (Å²) in [5.41, 5.74) is 0. The molecule has 0 spiro atoms. The average Bonchev–Trinajstić information content (AvgIpc) is 0.786. The van der Waals surface area contributed by atoms with E-state index in [0.717, 1.165) is 128 Å². The third-order valence-electron chi connectivity index (χ3n) is 17.3. The topological polar surface area (TPSA) is 307 Å². The molecule has 19 heteroatoms. The minimum Gasteiger partial charge on any atom is -0.394 e. The van der Waals surface area contributed by atoms with Crippen LogP contribution in [0.1, 0.15) is 206 Å². The standard InChI is InChI=1S/C80H129NO18/c1-3-5-7-9-11-13-15-17-19-21-22-23-24-25-26-27-28-29-30-31-32-33-34-35-36-37-38-39-40-42-44-46-48-50-52-54-56-58-68(86)81-63(64(85)57-55-53-51-49-47-45-43-41-20-18-16-14-12-10-8-6-4-2)62-94-78-74(92)71(89)76(66(60-83)96-78)99-80-75(93)72(90)77(67(61-84)97-80)98-79-73(91)70(88)69(87)65(59-82)95-79/h5,7,11,13,17,19-20,22-23,25-26,28-29,31-32,34-35,37-38,40-42,47,49,55,57,63-67,69-80,82-85,87-93H,3-4,6,8-10,12,14-16,18,21,24,27,30,33,36,39,43-46,48,50-54,56,58-62H2,1-2H3,(H,81,86)/b7-5-,13-11-,19-17-,23-22-,26-25-,29-28-,32-31-,35-34-,38-37-,41-20+,42-40-,49-47+,57-55+. The van der Waals surface area contributed by atoms with E-state index in [9.17, 15) is 61.0 Å². The summed E-state index contributed by atoms with van der Waals surface area (Å²) in [7, 11) is 0. The summed E-state index contributed by atoms with van der Waals surface area (Å²) < 4.78 is 34.3. The van der Waals surface area contributed by atoms with E-state index in [2.05, 4.69) is 165 Å². The monoisotopic (exact) mass is 1390 g/mol. The third-order valence-corrected chi connectivity index (χ3v) is 17.3. The molecule has 0 aliphatic carbocycles. The molecule has 19 nitrogen and oxygen atoms in total. The SMILES string of the molecule is CC/C=C\C/C=C\C/C=C\C/C=C\C/C=C\C/C=C\C/C=C\C/C=C\C/C=C\C/C=C\CCCCCCCCC(=O)NC(COC1OC(CO)C(OC2OC(CO)C(OC3OC(CO)C(O)C(O)C3O)C(O)C2O)C(O)C1O)C(O)/C=C/CC/C=C/CC/C=C/CCCCCCCCC. The van der Waals surface area contributed by atoms with Crippen molar-refractivity contribution in [1.29, 1.82) is 0 Å². The number of carbonyl (C=O) groups excluding carboxylic acids is 1. The van der Waals surface area contributed by atoms with Gasteiger partial charge in [-0.15, -0.1) is 0 Å². The van der Waals surface area contributed by atoms with E-state index < -0.39 is 124 Å². The lowest BCUT2D eigenvalue weighted by atomic mass is 9.96. The molecule has 17 atom stereocenters. The van der Waals surface area contributed by atoms with Crippen LogP contribution in [0, 0.1) is 0 Å². The molecular weight excluding hydrogens is 1260 g/mol. The third kappa shape index (κ3) is 39.6. The van der Waals surface area contributed by atoms with Gasteiger partial charge in [0.25, 0.3) is 0 Å². The molecule has 3 aliphatic rings. The highest BCUT2D eigenvalue weighted by Crippen LogP contribution is 2.33. The summed E-state index contributed by atoms with van der Waals surface area (Å²) in [5.74, 6) is -0.312. The number of nitrogens with one attached hydrogen (secondary N) is 1. The van der Waals surface area contributed by atoms with Crippen molar-refractivity contribution in [2.45, 2.75) is 311 Å². The Kier molecular flexibility index (Phi) is 52.7. The van der Waals surface area contributed by atoms with Crippen LogP contribution in [0.25, 0.3) is 0 Å². The van der Waals surface area contributed by atoms with Crippen molar-refractivity contribution >= 4 is 5.91 Å². The van der Waals surface area contributed by atoms with Crippen molar-refractivity contribution in [2.24, 2.45) is 0 Å². The predicted octanol–water partition coefficient (Wildman–Crippen LogP) is 11.3. The zero-order valence-electron chi connectivity index (χ0n) is 59.6. The van der Waals surface area contributed by atoms with Crippen LogP contribution in [-0.2, 0) is 33.2 Å². The van der Waals surface area contributed by atoms with Gasteiger partial charge in [0.15, 0.2) is 18.9 Å². The second kappa shape index (κ2) is 58.9. The Morgan fingerprint density at radius 3 is 1.13 bits per heavy atom. The van der Waals surface area contributed by atoms with Gasteiger partial charge in [-0.25, -0.2) is 0 Å². The summed E-state index contributed by atoms with van der Waals surface area (Å²) in [4.78, 5) is 13.4.